The molecule has 0 radical (unpaired) electrons. The van der Waals surface area contributed by atoms with Crippen LogP contribution in [0.1, 0.15) is 19.8 Å². The second-order valence-corrected chi connectivity index (χ2v) is 3.68. The predicted molar refractivity (Wildman–Crippen MR) is 57.4 cm³/mol. The molecule has 1 aliphatic carbocycles. The normalized spacial score (nSPS) is 14.9. The van der Waals surface area contributed by atoms with E-state index in [1.54, 1.807) is 0 Å². The SMILES string of the molecule is CC(=O)Nc1cccc(NC2CC2)c1. The Bertz CT molecular complexity index is 345. The molecular formula is C11H14N2O. The highest BCUT2D eigenvalue weighted by atomic mass is 16.1. The van der Waals surface area contributed by atoms with Gasteiger partial charge in [0.25, 0.3) is 0 Å². The monoisotopic (exact) mass is 190 g/mol. The van der Waals surface area contributed by atoms with Gasteiger partial charge in [-0.3, -0.25) is 4.79 Å². The van der Waals surface area contributed by atoms with Crippen LogP contribution in [0.4, 0.5) is 11.4 Å². The summed E-state index contributed by atoms with van der Waals surface area (Å²) in [5.41, 5.74) is 1.93. The largest absolute Gasteiger partial charge is 0.382 e. The van der Waals surface area contributed by atoms with E-state index in [1.165, 1.54) is 19.8 Å². The summed E-state index contributed by atoms with van der Waals surface area (Å²) in [7, 11) is 0. The summed E-state index contributed by atoms with van der Waals surface area (Å²) in [5.74, 6) is -0.0337. The van der Waals surface area contributed by atoms with E-state index in [-0.39, 0.29) is 5.91 Å². The van der Waals surface area contributed by atoms with Gasteiger partial charge >= 0.3 is 0 Å². The van der Waals surface area contributed by atoms with Crippen molar-refractivity contribution < 1.29 is 4.79 Å². The molecule has 2 rings (SSSR count). The quantitative estimate of drug-likeness (QED) is 0.767. The van der Waals surface area contributed by atoms with Crippen molar-refractivity contribution in [3.8, 4) is 0 Å². The van der Waals surface area contributed by atoms with E-state index in [1.807, 2.05) is 24.3 Å². The molecule has 1 fully saturated rings. The summed E-state index contributed by atoms with van der Waals surface area (Å²) in [5, 5.41) is 6.14. The molecule has 0 unspecified atom stereocenters. The minimum atomic E-state index is -0.0337. The van der Waals surface area contributed by atoms with Gasteiger partial charge in [0.05, 0.1) is 0 Å². The fraction of sp³-hybridized carbons (Fsp3) is 0.364. The minimum Gasteiger partial charge on any atom is -0.382 e. The van der Waals surface area contributed by atoms with E-state index in [0.29, 0.717) is 6.04 Å². The molecule has 0 saturated heterocycles. The molecule has 0 aromatic heterocycles. The third-order valence-electron chi connectivity index (χ3n) is 2.13. The molecule has 0 atom stereocenters. The maximum absolute atomic E-state index is 10.8. The zero-order valence-electron chi connectivity index (χ0n) is 8.21. The fourth-order valence-electron chi connectivity index (χ4n) is 1.35. The van der Waals surface area contributed by atoms with Crippen LogP contribution in [-0.2, 0) is 4.79 Å². The van der Waals surface area contributed by atoms with Crippen LogP contribution < -0.4 is 10.6 Å². The van der Waals surface area contributed by atoms with E-state index in [0.717, 1.165) is 11.4 Å². The standard InChI is InChI=1S/C11H14N2O/c1-8(14)12-10-3-2-4-11(7-10)13-9-5-6-9/h2-4,7,9,13H,5-6H2,1H3,(H,12,14). The molecule has 1 aliphatic rings. The van der Waals surface area contributed by atoms with Crippen molar-refractivity contribution >= 4 is 17.3 Å². The van der Waals surface area contributed by atoms with Gasteiger partial charge in [-0.1, -0.05) is 6.07 Å². The Morgan fingerprint density at radius 3 is 2.71 bits per heavy atom. The van der Waals surface area contributed by atoms with Crippen molar-refractivity contribution in [3.63, 3.8) is 0 Å². The number of nitrogens with one attached hydrogen (secondary N) is 2. The molecule has 3 nitrogen and oxygen atoms in total. The summed E-state index contributed by atoms with van der Waals surface area (Å²) in [6.07, 6.45) is 2.51. The fourth-order valence-corrected chi connectivity index (χ4v) is 1.35. The summed E-state index contributed by atoms with van der Waals surface area (Å²) in [6, 6.07) is 8.45. The van der Waals surface area contributed by atoms with E-state index in [4.69, 9.17) is 0 Å². The number of benzene rings is 1. The van der Waals surface area contributed by atoms with Gasteiger partial charge in [0, 0.05) is 24.3 Å². The maximum atomic E-state index is 10.8. The van der Waals surface area contributed by atoms with Gasteiger partial charge in [-0.2, -0.15) is 0 Å². The summed E-state index contributed by atoms with van der Waals surface area (Å²) >= 11 is 0. The minimum absolute atomic E-state index is 0.0337. The Balaban J connectivity index is 2.05. The van der Waals surface area contributed by atoms with Crippen LogP contribution in [0.15, 0.2) is 24.3 Å². The Hall–Kier alpha value is -1.51. The lowest BCUT2D eigenvalue weighted by Gasteiger charge is -2.07. The first kappa shape index (κ1) is 9.06. The van der Waals surface area contributed by atoms with Gasteiger partial charge in [-0.05, 0) is 31.0 Å². The van der Waals surface area contributed by atoms with Gasteiger partial charge in [-0.25, -0.2) is 0 Å². The number of anilines is 2. The van der Waals surface area contributed by atoms with Gasteiger partial charge < -0.3 is 10.6 Å². The first-order valence-corrected chi connectivity index (χ1v) is 4.88. The van der Waals surface area contributed by atoms with E-state index in [2.05, 4.69) is 10.6 Å². The third-order valence-corrected chi connectivity index (χ3v) is 2.13. The number of carbonyl (C=O) groups excluding carboxylic acids is 1. The van der Waals surface area contributed by atoms with Crippen LogP contribution in [0, 0.1) is 0 Å². The van der Waals surface area contributed by atoms with Gasteiger partial charge in [0.15, 0.2) is 0 Å². The molecule has 1 aromatic rings. The molecule has 3 heteroatoms. The summed E-state index contributed by atoms with van der Waals surface area (Å²) in [6.45, 7) is 1.51. The summed E-state index contributed by atoms with van der Waals surface area (Å²) < 4.78 is 0. The third kappa shape index (κ3) is 2.49. The Kier molecular flexibility index (Phi) is 2.39. The molecule has 0 spiro atoms. The van der Waals surface area contributed by atoms with Gasteiger partial charge in [-0.15, -0.1) is 0 Å². The van der Waals surface area contributed by atoms with E-state index >= 15 is 0 Å². The molecule has 14 heavy (non-hydrogen) atoms. The van der Waals surface area contributed by atoms with E-state index < -0.39 is 0 Å². The second-order valence-electron chi connectivity index (χ2n) is 3.68. The van der Waals surface area contributed by atoms with Crippen molar-refractivity contribution in [2.24, 2.45) is 0 Å². The van der Waals surface area contributed by atoms with Crippen LogP contribution in [0.25, 0.3) is 0 Å². The maximum Gasteiger partial charge on any atom is 0.221 e. The molecule has 1 amide bonds. The zero-order chi connectivity index (χ0) is 9.97. The molecular weight excluding hydrogens is 176 g/mol. The van der Waals surface area contributed by atoms with Crippen molar-refractivity contribution in [1.29, 1.82) is 0 Å². The second kappa shape index (κ2) is 3.70. The smallest absolute Gasteiger partial charge is 0.221 e. The Morgan fingerprint density at radius 2 is 2.07 bits per heavy atom. The molecule has 0 heterocycles. The lowest BCUT2D eigenvalue weighted by Crippen LogP contribution is -2.06. The van der Waals surface area contributed by atoms with Crippen LogP contribution >= 0.6 is 0 Å². The molecule has 74 valence electrons. The van der Waals surface area contributed by atoms with Crippen molar-refractivity contribution in [3.05, 3.63) is 24.3 Å². The van der Waals surface area contributed by atoms with Crippen molar-refractivity contribution in [1.82, 2.24) is 0 Å². The first-order valence-electron chi connectivity index (χ1n) is 4.88. The highest BCUT2D eigenvalue weighted by Gasteiger charge is 2.20. The lowest BCUT2D eigenvalue weighted by atomic mass is 10.2. The molecule has 1 saturated carbocycles. The predicted octanol–water partition coefficient (Wildman–Crippen LogP) is 2.22. The zero-order valence-corrected chi connectivity index (χ0v) is 8.21. The average molecular weight is 190 g/mol. The van der Waals surface area contributed by atoms with Crippen LogP contribution in [0.3, 0.4) is 0 Å². The van der Waals surface area contributed by atoms with Crippen LogP contribution in [0.2, 0.25) is 0 Å². The topological polar surface area (TPSA) is 41.1 Å². The molecule has 0 aliphatic heterocycles. The highest BCUT2D eigenvalue weighted by Crippen LogP contribution is 2.25. The molecule has 0 bridgehead atoms. The lowest BCUT2D eigenvalue weighted by molar-refractivity contribution is -0.114. The molecule has 1 aromatic carbocycles. The van der Waals surface area contributed by atoms with Gasteiger partial charge in [0.1, 0.15) is 0 Å². The number of hydrogen-bond donors (Lipinski definition) is 2. The average Bonchev–Trinajstić information content (AvgIpc) is 2.87. The highest BCUT2D eigenvalue weighted by molar-refractivity contribution is 5.89. The van der Waals surface area contributed by atoms with E-state index in [9.17, 15) is 4.79 Å². The van der Waals surface area contributed by atoms with Crippen LogP contribution in [0.5, 0.6) is 0 Å². The number of carbonyl (C=O) groups is 1. The Labute approximate surface area is 83.5 Å². The Morgan fingerprint density at radius 1 is 1.36 bits per heavy atom. The van der Waals surface area contributed by atoms with Crippen molar-refractivity contribution in [2.75, 3.05) is 10.6 Å². The summed E-state index contributed by atoms with van der Waals surface area (Å²) in [4.78, 5) is 10.8. The van der Waals surface area contributed by atoms with Gasteiger partial charge in [0.2, 0.25) is 5.91 Å². The number of hydrogen-bond acceptors (Lipinski definition) is 2. The number of rotatable bonds is 3. The number of amides is 1. The molecule has 2 N–H and O–H groups in total. The first-order chi connectivity index (χ1) is 6.74. The van der Waals surface area contributed by atoms with Crippen molar-refractivity contribution in [2.45, 2.75) is 25.8 Å². The van der Waals surface area contributed by atoms with Crippen LogP contribution in [-0.4, -0.2) is 11.9 Å².